The van der Waals surface area contributed by atoms with Crippen molar-refractivity contribution in [1.82, 2.24) is 0 Å². The molecule has 0 aromatic heterocycles. The Hall–Kier alpha value is -0.420. The fourth-order valence-electron chi connectivity index (χ4n) is 1.53. The Kier molecular flexibility index (Phi) is 2.51. The predicted octanol–water partition coefficient (Wildman–Crippen LogP) is -0.501. The minimum atomic E-state index is -4.18. The molecular formula is C6H12NO5P. The van der Waals surface area contributed by atoms with Crippen LogP contribution in [0.2, 0.25) is 0 Å². The van der Waals surface area contributed by atoms with Gasteiger partial charge in [0.15, 0.2) is 0 Å². The van der Waals surface area contributed by atoms with E-state index in [0.29, 0.717) is 0 Å². The highest BCUT2D eigenvalue weighted by Crippen LogP contribution is 2.51. The Labute approximate surface area is 74.9 Å². The van der Waals surface area contributed by atoms with E-state index in [9.17, 15) is 9.36 Å². The van der Waals surface area contributed by atoms with Gasteiger partial charge in [-0.3, -0.25) is 9.36 Å². The standard InChI is InChI=1S/C6H12NO5P/c7-6(5(8)9)2-1-4(3-6)13(10,11)12/h4H,1-3,7H2,(H,8,9)(H2,10,11,12)/t4?,6-/m0/s1. The Balaban J connectivity index is 2.75. The number of carboxylic acids is 1. The maximum Gasteiger partial charge on any atom is 0.328 e. The van der Waals surface area contributed by atoms with Gasteiger partial charge in [0.05, 0.1) is 5.66 Å². The second-order valence-corrected chi connectivity index (χ2v) is 5.36. The summed E-state index contributed by atoms with van der Waals surface area (Å²) in [5.41, 5.74) is 3.10. The maximum absolute atomic E-state index is 10.8. The van der Waals surface area contributed by atoms with Crippen molar-refractivity contribution in [3.8, 4) is 0 Å². The van der Waals surface area contributed by atoms with Crippen LogP contribution in [0.4, 0.5) is 0 Å². The van der Waals surface area contributed by atoms with Crippen LogP contribution in [0.3, 0.4) is 0 Å². The highest BCUT2D eigenvalue weighted by molar-refractivity contribution is 7.52. The van der Waals surface area contributed by atoms with Crippen LogP contribution in [0.5, 0.6) is 0 Å². The van der Waals surface area contributed by atoms with Gasteiger partial charge in [-0.15, -0.1) is 0 Å². The normalized spacial score (nSPS) is 34.8. The molecule has 5 N–H and O–H groups in total. The average Bonchev–Trinajstić information content (AvgIpc) is 2.31. The third-order valence-electron chi connectivity index (χ3n) is 2.43. The van der Waals surface area contributed by atoms with Crippen LogP contribution < -0.4 is 5.73 Å². The number of hydrogen-bond donors (Lipinski definition) is 4. The summed E-state index contributed by atoms with van der Waals surface area (Å²) in [4.78, 5) is 28.2. The molecule has 0 spiro atoms. The summed E-state index contributed by atoms with van der Waals surface area (Å²) in [6.07, 6.45) is 0.151. The third kappa shape index (κ3) is 2.08. The molecule has 6 nitrogen and oxygen atoms in total. The largest absolute Gasteiger partial charge is 0.480 e. The SMILES string of the molecule is N[C@@]1(C(=O)O)CCC(P(=O)(O)O)C1. The Morgan fingerprint density at radius 3 is 2.31 bits per heavy atom. The second-order valence-electron chi connectivity index (χ2n) is 3.45. The lowest BCUT2D eigenvalue weighted by Crippen LogP contribution is -2.45. The first-order valence-electron chi connectivity index (χ1n) is 3.83. The van der Waals surface area contributed by atoms with Gasteiger partial charge in [0, 0.05) is 0 Å². The van der Waals surface area contributed by atoms with Crippen molar-refractivity contribution in [2.75, 3.05) is 0 Å². The van der Waals surface area contributed by atoms with E-state index < -0.39 is 24.8 Å². The first-order chi connectivity index (χ1) is 5.76. The van der Waals surface area contributed by atoms with Crippen LogP contribution in [-0.4, -0.2) is 32.1 Å². The minimum Gasteiger partial charge on any atom is -0.480 e. The fourth-order valence-corrected chi connectivity index (χ4v) is 2.56. The van der Waals surface area contributed by atoms with Crippen LogP contribution in [0.1, 0.15) is 19.3 Å². The minimum absolute atomic E-state index is 0.123. The molecule has 0 aromatic carbocycles. The lowest BCUT2D eigenvalue weighted by molar-refractivity contribution is -0.143. The van der Waals surface area contributed by atoms with Crippen LogP contribution in [0, 0.1) is 0 Å². The molecule has 1 saturated carbocycles. The van der Waals surface area contributed by atoms with E-state index in [2.05, 4.69) is 0 Å². The molecule has 7 heteroatoms. The van der Waals surface area contributed by atoms with Crippen molar-refractivity contribution >= 4 is 13.6 Å². The quantitative estimate of drug-likeness (QED) is 0.455. The molecule has 0 aromatic rings. The molecule has 0 saturated heterocycles. The Morgan fingerprint density at radius 1 is 1.54 bits per heavy atom. The zero-order valence-electron chi connectivity index (χ0n) is 6.88. The van der Waals surface area contributed by atoms with Gasteiger partial charge < -0.3 is 20.6 Å². The number of hydrogen-bond acceptors (Lipinski definition) is 3. The predicted molar refractivity (Wildman–Crippen MR) is 44.2 cm³/mol. The van der Waals surface area contributed by atoms with Crippen molar-refractivity contribution in [2.24, 2.45) is 5.73 Å². The van der Waals surface area contributed by atoms with Crippen LogP contribution in [0.25, 0.3) is 0 Å². The summed E-state index contributed by atoms with van der Waals surface area (Å²) in [7, 11) is -4.18. The monoisotopic (exact) mass is 209 g/mol. The molecule has 1 unspecified atom stereocenters. The summed E-state index contributed by atoms with van der Waals surface area (Å²) < 4.78 is 10.8. The van der Waals surface area contributed by atoms with Crippen molar-refractivity contribution in [3.63, 3.8) is 0 Å². The summed E-state index contributed by atoms with van der Waals surface area (Å²) in [6, 6.07) is 0. The van der Waals surface area contributed by atoms with Crippen molar-refractivity contribution in [2.45, 2.75) is 30.5 Å². The number of rotatable bonds is 2. The average molecular weight is 209 g/mol. The highest BCUT2D eigenvalue weighted by atomic mass is 31.2. The molecule has 1 rings (SSSR count). The van der Waals surface area contributed by atoms with Gasteiger partial charge in [-0.1, -0.05) is 0 Å². The maximum atomic E-state index is 10.8. The van der Waals surface area contributed by atoms with Crippen molar-refractivity contribution in [3.05, 3.63) is 0 Å². The van der Waals surface area contributed by atoms with Gasteiger partial charge >= 0.3 is 13.6 Å². The van der Waals surface area contributed by atoms with Crippen LogP contribution in [-0.2, 0) is 9.36 Å². The Bertz CT molecular complexity index is 274. The molecular weight excluding hydrogens is 197 g/mol. The zero-order valence-corrected chi connectivity index (χ0v) is 7.78. The van der Waals surface area contributed by atoms with E-state index in [0.717, 1.165) is 0 Å². The number of carboxylic acid groups (broad SMARTS) is 1. The van der Waals surface area contributed by atoms with E-state index in [4.69, 9.17) is 20.6 Å². The molecule has 1 aliphatic rings. The summed E-state index contributed by atoms with van der Waals surface area (Å²) >= 11 is 0. The molecule has 0 aliphatic heterocycles. The van der Waals surface area contributed by atoms with E-state index in [1.165, 1.54) is 0 Å². The molecule has 0 radical (unpaired) electrons. The smallest absolute Gasteiger partial charge is 0.328 e. The van der Waals surface area contributed by atoms with E-state index in [1.54, 1.807) is 0 Å². The lowest BCUT2D eigenvalue weighted by Gasteiger charge is -2.18. The molecule has 2 atom stereocenters. The van der Waals surface area contributed by atoms with Gasteiger partial charge in [-0.25, -0.2) is 0 Å². The Morgan fingerprint density at radius 2 is 2.08 bits per heavy atom. The van der Waals surface area contributed by atoms with Crippen molar-refractivity contribution in [1.29, 1.82) is 0 Å². The molecule has 1 fully saturated rings. The van der Waals surface area contributed by atoms with Gasteiger partial charge in [0.1, 0.15) is 5.54 Å². The number of carbonyl (C=O) groups is 1. The summed E-state index contributed by atoms with van der Waals surface area (Å²) in [6.45, 7) is 0. The van der Waals surface area contributed by atoms with E-state index in [-0.39, 0.29) is 19.3 Å². The van der Waals surface area contributed by atoms with Gasteiger partial charge in [-0.2, -0.15) is 0 Å². The van der Waals surface area contributed by atoms with E-state index >= 15 is 0 Å². The molecule has 0 heterocycles. The fraction of sp³-hybridized carbons (Fsp3) is 0.833. The second kappa shape index (κ2) is 3.06. The van der Waals surface area contributed by atoms with Gasteiger partial charge in [-0.05, 0) is 19.3 Å². The van der Waals surface area contributed by atoms with Crippen molar-refractivity contribution < 1.29 is 24.3 Å². The number of nitrogens with two attached hydrogens (primary N) is 1. The first-order valence-corrected chi connectivity index (χ1v) is 5.51. The molecule has 76 valence electrons. The zero-order chi connectivity index (χ0) is 10.3. The molecule has 0 bridgehead atoms. The summed E-state index contributed by atoms with van der Waals surface area (Å²) in [5, 5.41) is 8.68. The molecule has 1 aliphatic carbocycles. The van der Waals surface area contributed by atoms with Crippen LogP contribution in [0.15, 0.2) is 0 Å². The summed E-state index contributed by atoms with van der Waals surface area (Å²) in [5.74, 6) is -1.19. The third-order valence-corrected chi connectivity index (χ3v) is 3.82. The van der Waals surface area contributed by atoms with E-state index in [1.807, 2.05) is 0 Å². The number of aliphatic carboxylic acids is 1. The topological polar surface area (TPSA) is 121 Å². The van der Waals surface area contributed by atoms with Gasteiger partial charge in [0.25, 0.3) is 0 Å². The molecule has 0 amide bonds. The van der Waals surface area contributed by atoms with Crippen LogP contribution >= 0.6 is 7.60 Å². The lowest BCUT2D eigenvalue weighted by atomic mass is 10.0. The first kappa shape index (κ1) is 10.7. The highest BCUT2D eigenvalue weighted by Gasteiger charge is 2.47. The molecule has 13 heavy (non-hydrogen) atoms. The van der Waals surface area contributed by atoms with Gasteiger partial charge in [0.2, 0.25) is 0 Å².